The lowest BCUT2D eigenvalue weighted by Crippen LogP contribution is -2.30. The third-order valence-electron chi connectivity index (χ3n) is 13.8. The number of rotatable bonds is 58. The van der Waals surface area contributed by atoms with E-state index in [1.54, 1.807) is 0 Å². The molecule has 1 atom stereocenters. The molecular formula is C71H120O6. The fourth-order valence-corrected chi connectivity index (χ4v) is 8.92. The molecule has 0 aromatic carbocycles. The van der Waals surface area contributed by atoms with Crippen molar-refractivity contribution in [1.29, 1.82) is 0 Å². The summed E-state index contributed by atoms with van der Waals surface area (Å²) in [7, 11) is 0. The molecule has 0 N–H and O–H groups in total. The van der Waals surface area contributed by atoms with Crippen molar-refractivity contribution in [2.45, 2.75) is 309 Å². The van der Waals surface area contributed by atoms with Crippen molar-refractivity contribution in [1.82, 2.24) is 0 Å². The molecule has 0 heterocycles. The fourth-order valence-electron chi connectivity index (χ4n) is 8.92. The van der Waals surface area contributed by atoms with E-state index in [4.69, 9.17) is 14.2 Å². The predicted octanol–water partition coefficient (Wildman–Crippen LogP) is 22.2. The second-order valence-corrected chi connectivity index (χ2v) is 21.3. The van der Waals surface area contributed by atoms with E-state index in [-0.39, 0.29) is 31.1 Å². The maximum Gasteiger partial charge on any atom is 0.306 e. The number of carbonyl (C=O) groups excluding carboxylic acids is 3. The van der Waals surface area contributed by atoms with Crippen LogP contribution >= 0.6 is 0 Å². The van der Waals surface area contributed by atoms with Crippen LogP contribution in [0, 0.1) is 0 Å². The minimum Gasteiger partial charge on any atom is -0.462 e. The van der Waals surface area contributed by atoms with Crippen molar-refractivity contribution >= 4 is 17.9 Å². The van der Waals surface area contributed by atoms with Gasteiger partial charge < -0.3 is 14.2 Å². The highest BCUT2D eigenvalue weighted by Crippen LogP contribution is 2.16. The molecule has 0 spiro atoms. The maximum atomic E-state index is 12.8. The number of carbonyl (C=O) groups is 3. The van der Waals surface area contributed by atoms with Gasteiger partial charge in [-0.1, -0.05) is 284 Å². The fraction of sp³-hybridized carbons (Fsp3) is 0.704. The van der Waals surface area contributed by atoms with Gasteiger partial charge in [-0.2, -0.15) is 0 Å². The summed E-state index contributed by atoms with van der Waals surface area (Å²) in [6.45, 7) is 6.49. The highest BCUT2D eigenvalue weighted by atomic mass is 16.6. The van der Waals surface area contributed by atoms with Crippen LogP contribution in [0.3, 0.4) is 0 Å². The highest BCUT2D eigenvalue weighted by molar-refractivity contribution is 5.71. The standard InChI is InChI=1S/C71H120O6/c1-4-7-10-13-16-18-20-22-24-26-28-29-30-31-32-33-34-35-36-37-38-39-40-41-43-44-46-48-50-52-55-58-61-64-70(73)76-67-68(66-75-69(72)63-60-57-54-15-12-9-6-3)77-71(74)65-62-59-56-53-51-49-47-45-42-27-25-23-21-19-17-14-11-8-5-2/h7,10,16,18,22-25,28-29,31-32,34-35,37-38,40-41,68H,4-6,8-9,11-15,17,19-21,26-27,30,33,36,39,42-67H2,1-3H3/b10-7-,18-16-,24-22-,25-23-,29-28-,32-31-,35-34-,38-37-,41-40-. The molecule has 0 aliphatic carbocycles. The van der Waals surface area contributed by atoms with Gasteiger partial charge in [-0.3, -0.25) is 14.4 Å². The molecule has 1 unspecified atom stereocenters. The van der Waals surface area contributed by atoms with Crippen LogP contribution in [0.25, 0.3) is 0 Å². The third-order valence-corrected chi connectivity index (χ3v) is 13.8. The Hall–Kier alpha value is -3.93. The molecule has 0 fully saturated rings. The molecule has 0 saturated heterocycles. The van der Waals surface area contributed by atoms with Gasteiger partial charge in [-0.05, 0) is 109 Å². The Morgan fingerprint density at radius 2 is 0.506 bits per heavy atom. The molecule has 0 rings (SSSR count). The lowest BCUT2D eigenvalue weighted by atomic mass is 10.1. The smallest absolute Gasteiger partial charge is 0.306 e. The zero-order valence-electron chi connectivity index (χ0n) is 50.4. The van der Waals surface area contributed by atoms with Crippen LogP contribution in [0.1, 0.15) is 303 Å². The summed E-state index contributed by atoms with van der Waals surface area (Å²) in [4.78, 5) is 38.1. The normalized spacial score (nSPS) is 12.8. The van der Waals surface area contributed by atoms with Crippen LogP contribution in [0.15, 0.2) is 109 Å². The van der Waals surface area contributed by atoms with E-state index in [9.17, 15) is 14.4 Å². The lowest BCUT2D eigenvalue weighted by Gasteiger charge is -2.18. The van der Waals surface area contributed by atoms with E-state index in [0.29, 0.717) is 19.3 Å². The molecule has 0 aliphatic heterocycles. The van der Waals surface area contributed by atoms with Crippen LogP contribution < -0.4 is 0 Å². The maximum absolute atomic E-state index is 12.8. The second-order valence-electron chi connectivity index (χ2n) is 21.3. The lowest BCUT2D eigenvalue weighted by molar-refractivity contribution is -0.167. The molecule has 77 heavy (non-hydrogen) atoms. The molecule has 0 amide bonds. The molecule has 0 bridgehead atoms. The van der Waals surface area contributed by atoms with Crippen molar-refractivity contribution in [3.63, 3.8) is 0 Å². The third kappa shape index (κ3) is 62.8. The average Bonchev–Trinajstić information content (AvgIpc) is 3.43. The molecule has 6 heteroatoms. The van der Waals surface area contributed by atoms with Crippen LogP contribution in [0.5, 0.6) is 0 Å². The Morgan fingerprint density at radius 1 is 0.273 bits per heavy atom. The summed E-state index contributed by atoms with van der Waals surface area (Å²) in [5.74, 6) is -0.890. The molecular weight excluding hydrogens is 949 g/mol. The second kappa shape index (κ2) is 64.6. The summed E-state index contributed by atoms with van der Waals surface area (Å²) in [6.07, 6.45) is 88.3. The first kappa shape index (κ1) is 73.1. The summed E-state index contributed by atoms with van der Waals surface area (Å²) in [5.41, 5.74) is 0. The summed E-state index contributed by atoms with van der Waals surface area (Å²) >= 11 is 0. The first-order valence-corrected chi connectivity index (χ1v) is 32.4. The molecule has 0 aliphatic rings. The molecule has 0 radical (unpaired) electrons. The quantitative estimate of drug-likeness (QED) is 0.0261. The largest absolute Gasteiger partial charge is 0.462 e. The number of hydrogen-bond donors (Lipinski definition) is 0. The average molecular weight is 1070 g/mol. The van der Waals surface area contributed by atoms with Gasteiger partial charge in [0.2, 0.25) is 0 Å². The van der Waals surface area contributed by atoms with Gasteiger partial charge >= 0.3 is 17.9 Å². The zero-order valence-corrected chi connectivity index (χ0v) is 50.4. The molecule has 6 nitrogen and oxygen atoms in total. The number of ether oxygens (including phenoxy) is 3. The first-order chi connectivity index (χ1) is 38.0. The molecule has 0 aromatic rings. The van der Waals surface area contributed by atoms with Crippen molar-refractivity contribution in [2.75, 3.05) is 13.2 Å². The SMILES string of the molecule is CC/C=C\C/C=C\C/C=C\C/C=C\C/C=C\C/C=C\C/C=C\C/C=C\CCCCCCCCCCC(=O)OCC(COC(=O)CCCCCCCCC)OC(=O)CCCCCCCCCCC/C=C\CCCCCCCC. The molecule has 440 valence electrons. The number of allylic oxidation sites excluding steroid dienone is 18. The van der Waals surface area contributed by atoms with E-state index < -0.39 is 6.10 Å². The predicted molar refractivity (Wildman–Crippen MR) is 334 cm³/mol. The Balaban J connectivity index is 4.14. The number of esters is 3. The van der Waals surface area contributed by atoms with Gasteiger partial charge in [0.25, 0.3) is 0 Å². The number of unbranched alkanes of at least 4 members (excludes halogenated alkanes) is 29. The summed E-state index contributed by atoms with van der Waals surface area (Å²) in [5, 5.41) is 0. The summed E-state index contributed by atoms with van der Waals surface area (Å²) < 4.78 is 16.8. The van der Waals surface area contributed by atoms with Crippen LogP contribution in [0.4, 0.5) is 0 Å². The van der Waals surface area contributed by atoms with Gasteiger partial charge in [0.15, 0.2) is 6.10 Å². The van der Waals surface area contributed by atoms with E-state index in [2.05, 4.69) is 130 Å². The van der Waals surface area contributed by atoms with Crippen molar-refractivity contribution in [2.24, 2.45) is 0 Å². The van der Waals surface area contributed by atoms with E-state index in [0.717, 1.165) is 116 Å². The van der Waals surface area contributed by atoms with E-state index in [1.165, 1.54) is 148 Å². The molecule has 0 aromatic heterocycles. The van der Waals surface area contributed by atoms with Crippen molar-refractivity contribution in [3.05, 3.63) is 109 Å². The van der Waals surface area contributed by atoms with E-state index in [1.807, 2.05) is 0 Å². The van der Waals surface area contributed by atoms with E-state index >= 15 is 0 Å². The first-order valence-electron chi connectivity index (χ1n) is 32.4. The Labute approximate surface area is 476 Å². The summed E-state index contributed by atoms with van der Waals surface area (Å²) in [6, 6.07) is 0. The number of hydrogen-bond acceptors (Lipinski definition) is 6. The van der Waals surface area contributed by atoms with Crippen LogP contribution in [0.2, 0.25) is 0 Å². The Kier molecular flexibility index (Phi) is 61.3. The van der Waals surface area contributed by atoms with Crippen molar-refractivity contribution < 1.29 is 28.6 Å². The monoisotopic (exact) mass is 1070 g/mol. The van der Waals surface area contributed by atoms with Gasteiger partial charge in [-0.25, -0.2) is 0 Å². The topological polar surface area (TPSA) is 78.9 Å². The highest BCUT2D eigenvalue weighted by Gasteiger charge is 2.19. The van der Waals surface area contributed by atoms with Crippen LogP contribution in [-0.2, 0) is 28.6 Å². The minimum atomic E-state index is -0.780. The Morgan fingerprint density at radius 3 is 0.805 bits per heavy atom. The van der Waals surface area contributed by atoms with Gasteiger partial charge in [-0.15, -0.1) is 0 Å². The zero-order chi connectivity index (χ0) is 55.7. The van der Waals surface area contributed by atoms with Crippen LogP contribution in [-0.4, -0.2) is 37.2 Å². The Bertz CT molecular complexity index is 1560. The van der Waals surface area contributed by atoms with Crippen molar-refractivity contribution in [3.8, 4) is 0 Å². The minimum absolute atomic E-state index is 0.0796. The molecule has 0 saturated carbocycles. The van der Waals surface area contributed by atoms with Gasteiger partial charge in [0.05, 0.1) is 0 Å². The van der Waals surface area contributed by atoms with Gasteiger partial charge in [0, 0.05) is 19.3 Å². The van der Waals surface area contributed by atoms with Gasteiger partial charge in [0.1, 0.15) is 13.2 Å².